The van der Waals surface area contributed by atoms with Crippen molar-refractivity contribution in [2.24, 2.45) is 7.05 Å². The van der Waals surface area contributed by atoms with Gasteiger partial charge in [-0.25, -0.2) is 0 Å². The Kier molecular flexibility index (Phi) is 3.23. The maximum Gasteiger partial charge on any atom is 0.293 e. The minimum absolute atomic E-state index is 0.0275. The SMILES string of the molecule is Cn1cc(/C=C2/Oc3cc(O)cc(O)c3C2=O)c2cccc([N+](=O)[O-])c21. The number of fused-ring (bicyclic) bond motifs is 2. The Labute approximate surface area is 146 Å². The van der Waals surface area contributed by atoms with Crippen LogP contribution >= 0.6 is 0 Å². The first kappa shape index (κ1) is 15.7. The number of ether oxygens (including phenoxy) is 1. The number of aromatic hydroxyl groups is 2. The lowest BCUT2D eigenvalue weighted by Gasteiger charge is -2.00. The summed E-state index contributed by atoms with van der Waals surface area (Å²) in [6.07, 6.45) is 3.12. The van der Waals surface area contributed by atoms with Crippen molar-refractivity contribution < 1.29 is 24.7 Å². The van der Waals surface area contributed by atoms with Crippen molar-refractivity contribution >= 4 is 28.4 Å². The number of aryl methyl sites for hydroxylation is 1. The monoisotopic (exact) mass is 352 g/mol. The molecule has 1 aliphatic rings. The molecule has 4 rings (SSSR count). The van der Waals surface area contributed by atoms with Crippen LogP contribution in [0.3, 0.4) is 0 Å². The van der Waals surface area contributed by atoms with E-state index >= 15 is 0 Å². The van der Waals surface area contributed by atoms with Gasteiger partial charge in [-0.15, -0.1) is 0 Å². The third kappa shape index (κ3) is 2.20. The van der Waals surface area contributed by atoms with E-state index in [9.17, 15) is 25.1 Å². The number of nitro groups is 1. The fourth-order valence-corrected chi connectivity index (χ4v) is 3.16. The standard InChI is InChI=1S/C18H12N2O6/c1-19-8-9(11-3-2-4-12(17(11)19)20(24)25)5-15-18(23)16-13(22)6-10(21)7-14(16)26-15/h2-8,21-22H,1H3/b15-5+. The normalized spacial score (nSPS) is 14.7. The zero-order valence-corrected chi connectivity index (χ0v) is 13.5. The van der Waals surface area contributed by atoms with Crippen molar-refractivity contribution in [1.82, 2.24) is 4.57 Å². The van der Waals surface area contributed by atoms with Gasteiger partial charge in [-0.05, 0) is 6.08 Å². The Bertz CT molecular complexity index is 1140. The molecule has 0 aliphatic carbocycles. The summed E-state index contributed by atoms with van der Waals surface area (Å²) in [5, 5.41) is 31.2. The fourth-order valence-electron chi connectivity index (χ4n) is 3.16. The van der Waals surface area contributed by atoms with E-state index in [1.54, 1.807) is 29.9 Å². The molecule has 0 atom stereocenters. The molecule has 1 aliphatic heterocycles. The number of phenols is 2. The molecule has 2 aromatic carbocycles. The highest BCUT2D eigenvalue weighted by Crippen LogP contribution is 2.41. The van der Waals surface area contributed by atoms with Gasteiger partial charge < -0.3 is 19.5 Å². The number of nitro benzene ring substituents is 1. The molecule has 3 aromatic rings. The molecular formula is C18H12N2O6. The van der Waals surface area contributed by atoms with Crippen LogP contribution in [-0.4, -0.2) is 25.5 Å². The number of non-ortho nitro benzene ring substituents is 1. The number of hydrogen-bond donors (Lipinski definition) is 2. The van der Waals surface area contributed by atoms with Crippen LogP contribution in [-0.2, 0) is 7.05 Å². The van der Waals surface area contributed by atoms with E-state index < -0.39 is 10.7 Å². The second kappa shape index (κ2) is 5.35. The molecular weight excluding hydrogens is 340 g/mol. The molecule has 8 heteroatoms. The number of hydrogen-bond acceptors (Lipinski definition) is 6. The molecule has 0 amide bonds. The highest BCUT2D eigenvalue weighted by molar-refractivity contribution is 6.17. The number of carbonyl (C=O) groups is 1. The molecule has 0 saturated heterocycles. The summed E-state index contributed by atoms with van der Waals surface area (Å²) in [4.78, 5) is 23.3. The first-order chi connectivity index (χ1) is 12.4. The van der Waals surface area contributed by atoms with Gasteiger partial charge in [0.25, 0.3) is 5.69 Å². The largest absolute Gasteiger partial charge is 0.508 e. The first-order valence-corrected chi connectivity index (χ1v) is 7.59. The third-order valence-electron chi connectivity index (χ3n) is 4.23. The van der Waals surface area contributed by atoms with Crippen LogP contribution in [0.15, 0.2) is 42.3 Å². The van der Waals surface area contributed by atoms with Crippen LogP contribution < -0.4 is 4.74 Å². The number of allylic oxidation sites excluding steroid dienone is 1. The highest BCUT2D eigenvalue weighted by atomic mass is 16.6. The summed E-state index contributed by atoms with van der Waals surface area (Å²) in [5.74, 6) is -1.11. The summed E-state index contributed by atoms with van der Waals surface area (Å²) in [7, 11) is 1.67. The van der Waals surface area contributed by atoms with Crippen molar-refractivity contribution in [3.05, 3.63) is 63.5 Å². The van der Waals surface area contributed by atoms with E-state index in [1.807, 2.05) is 0 Å². The molecule has 1 aromatic heterocycles. The Morgan fingerprint density at radius 2 is 2.04 bits per heavy atom. The van der Waals surface area contributed by atoms with Gasteiger partial charge in [0.1, 0.15) is 28.3 Å². The Balaban J connectivity index is 1.86. The van der Waals surface area contributed by atoms with E-state index in [-0.39, 0.29) is 34.3 Å². The van der Waals surface area contributed by atoms with Gasteiger partial charge in [0, 0.05) is 42.4 Å². The smallest absolute Gasteiger partial charge is 0.293 e. The average Bonchev–Trinajstić information content (AvgIpc) is 3.05. The van der Waals surface area contributed by atoms with Crippen LogP contribution in [0.25, 0.3) is 17.0 Å². The minimum atomic E-state index is -0.528. The zero-order valence-electron chi connectivity index (χ0n) is 13.5. The van der Waals surface area contributed by atoms with Gasteiger partial charge in [0.05, 0.1) is 4.92 Å². The summed E-state index contributed by atoms with van der Waals surface area (Å²) in [5.41, 5.74) is 0.915. The minimum Gasteiger partial charge on any atom is -0.508 e. The second-order valence-electron chi connectivity index (χ2n) is 5.90. The zero-order chi connectivity index (χ0) is 18.6. The van der Waals surface area contributed by atoms with E-state index in [0.717, 1.165) is 6.07 Å². The van der Waals surface area contributed by atoms with Crippen LogP contribution in [0, 0.1) is 10.1 Å². The molecule has 0 radical (unpaired) electrons. The van der Waals surface area contributed by atoms with Crippen molar-refractivity contribution in [2.45, 2.75) is 0 Å². The van der Waals surface area contributed by atoms with Gasteiger partial charge in [-0.1, -0.05) is 12.1 Å². The van der Waals surface area contributed by atoms with Gasteiger partial charge >= 0.3 is 0 Å². The molecule has 0 saturated carbocycles. The number of carbonyl (C=O) groups excluding carboxylic acids is 1. The van der Waals surface area contributed by atoms with Gasteiger partial charge in [0.2, 0.25) is 5.78 Å². The molecule has 0 bridgehead atoms. The van der Waals surface area contributed by atoms with E-state index in [1.165, 1.54) is 18.2 Å². The third-order valence-corrected chi connectivity index (χ3v) is 4.23. The second-order valence-corrected chi connectivity index (χ2v) is 5.90. The molecule has 0 fully saturated rings. The number of ketones is 1. The average molecular weight is 352 g/mol. The Morgan fingerprint density at radius 3 is 2.77 bits per heavy atom. The lowest BCUT2D eigenvalue weighted by molar-refractivity contribution is -0.383. The van der Waals surface area contributed by atoms with Crippen LogP contribution in [0.4, 0.5) is 5.69 Å². The predicted octanol–water partition coefficient (Wildman–Crippen LogP) is 3.11. The summed E-state index contributed by atoms with van der Waals surface area (Å²) >= 11 is 0. The highest BCUT2D eigenvalue weighted by Gasteiger charge is 2.31. The molecule has 130 valence electrons. The van der Waals surface area contributed by atoms with Crippen LogP contribution in [0.1, 0.15) is 15.9 Å². The predicted molar refractivity (Wildman–Crippen MR) is 92.3 cm³/mol. The molecule has 26 heavy (non-hydrogen) atoms. The number of nitrogens with zero attached hydrogens (tertiary/aromatic N) is 2. The molecule has 8 nitrogen and oxygen atoms in total. The lowest BCUT2D eigenvalue weighted by atomic mass is 10.1. The maximum absolute atomic E-state index is 12.5. The van der Waals surface area contributed by atoms with Crippen molar-refractivity contribution in [3.8, 4) is 17.2 Å². The van der Waals surface area contributed by atoms with Gasteiger partial charge in [-0.2, -0.15) is 0 Å². The maximum atomic E-state index is 12.5. The van der Waals surface area contributed by atoms with Crippen LogP contribution in [0.5, 0.6) is 17.2 Å². The number of Topliss-reactive ketones (excluding diaryl/α,β-unsaturated/α-hetero) is 1. The first-order valence-electron chi connectivity index (χ1n) is 7.59. The molecule has 0 spiro atoms. The molecule has 2 N–H and O–H groups in total. The fraction of sp³-hybridized carbons (Fsp3) is 0.0556. The summed E-state index contributed by atoms with van der Waals surface area (Å²) < 4.78 is 7.08. The number of aromatic nitrogens is 1. The summed E-state index contributed by atoms with van der Waals surface area (Å²) in [6.45, 7) is 0. The number of benzene rings is 2. The van der Waals surface area contributed by atoms with Gasteiger partial charge in [-0.3, -0.25) is 14.9 Å². The van der Waals surface area contributed by atoms with E-state index in [0.29, 0.717) is 16.5 Å². The topological polar surface area (TPSA) is 115 Å². The van der Waals surface area contributed by atoms with Crippen molar-refractivity contribution in [3.63, 3.8) is 0 Å². The Hall–Kier alpha value is -3.81. The number of rotatable bonds is 2. The molecule has 0 unspecified atom stereocenters. The van der Waals surface area contributed by atoms with E-state index in [4.69, 9.17) is 4.74 Å². The Morgan fingerprint density at radius 1 is 1.27 bits per heavy atom. The van der Waals surface area contributed by atoms with E-state index in [2.05, 4.69) is 0 Å². The number of para-hydroxylation sites is 1. The number of phenolic OH excluding ortho intramolecular Hbond substituents is 2. The van der Waals surface area contributed by atoms with Crippen LogP contribution in [0.2, 0.25) is 0 Å². The van der Waals surface area contributed by atoms with Crippen molar-refractivity contribution in [1.29, 1.82) is 0 Å². The van der Waals surface area contributed by atoms with Gasteiger partial charge in [0.15, 0.2) is 5.76 Å². The summed E-state index contributed by atoms with van der Waals surface area (Å²) in [6, 6.07) is 6.99. The van der Waals surface area contributed by atoms with Crippen molar-refractivity contribution in [2.75, 3.05) is 0 Å². The quantitative estimate of drug-likeness (QED) is 0.416. The lowest BCUT2D eigenvalue weighted by Crippen LogP contribution is -1.98. The molecule has 2 heterocycles.